The van der Waals surface area contributed by atoms with Crippen molar-refractivity contribution in [3.05, 3.63) is 0 Å². The summed E-state index contributed by atoms with van der Waals surface area (Å²) in [6, 6.07) is 0.962. The Morgan fingerprint density at radius 2 is 1.54 bits per heavy atom. The first-order valence-corrected chi connectivity index (χ1v) is 5.36. The van der Waals surface area contributed by atoms with Gasteiger partial charge in [0.15, 0.2) is 0 Å². The van der Waals surface area contributed by atoms with Crippen LogP contribution in [0.1, 0.15) is 19.3 Å². The van der Waals surface area contributed by atoms with Gasteiger partial charge in [0.1, 0.15) is 0 Å². The fourth-order valence-corrected chi connectivity index (χ4v) is 1.94. The van der Waals surface area contributed by atoms with Crippen molar-refractivity contribution in [1.29, 1.82) is 0 Å². The lowest BCUT2D eigenvalue weighted by molar-refractivity contribution is 0.0721. The van der Waals surface area contributed by atoms with Crippen LogP contribution in [-0.2, 0) is 0 Å². The first-order valence-electron chi connectivity index (χ1n) is 5.36. The number of hydrogen-bond acceptors (Lipinski definition) is 3. The number of nitrogens with zero attached hydrogens (tertiary/aromatic N) is 2. The highest BCUT2D eigenvalue weighted by molar-refractivity contribution is 4.82. The first-order chi connectivity index (χ1) is 6.36. The van der Waals surface area contributed by atoms with Crippen LogP contribution in [0.4, 0.5) is 0 Å². The molecule has 3 nitrogen and oxygen atoms in total. The number of hydrogen-bond donors (Lipinski definition) is 1. The standard InChI is InChI=1S/C9H18N2.CH5N/c1-10-5-7-11(8-6-10)9-3-2-4-9;1-2/h9H,2-8H2,1H3;2H2,1H3. The minimum absolute atomic E-state index is 0.962. The van der Waals surface area contributed by atoms with Crippen LogP contribution >= 0.6 is 0 Å². The van der Waals surface area contributed by atoms with E-state index in [9.17, 15) is 0 Å². The lowest BCUT2D eigenvalue weighted by atomic mass is 9.91. The van der Waals surface area contributed by atoms with Gasteiger partial charge in [0.25, 0.3) is 0 Å². The van der Waals surface area contributed by atoms with Gasteiger partial charge in [-0.2, -0.15) is 0 Å². The van der Waals surface area contributed by atoms with Crippen LogP contribution in [0, 0.1) is 0 Å². The van der Waals surface area contributed by atoms with Crippen molar-refractivity contribution in [3.63, 3.8) is 0 Å². The highest BCUT2D eigenvalue weighted by Crippen LogP contribution is 2.25. The van der Waals surface area contributed by atoms with Crippen LogP contribution in [0.15, 0.2) is 0 Å². The van der Waals surface area contributed by atoms with Gasteiger partial charge in [0, 0.05) is 32.2 Å². The third-order valence-corrected chi connectivity index (χ3v) is 3.13. The van der Waals surface area contributed by atoms with E-state index < -0.39 is 0 Å². The Balaban J connectivity index is 0.000000396. The largest absolute Gasteiger partial charge is 0.333 e. The summed E-state index contributed by atoms with van der Waals surface area (Å²) in [6.07, 6.45) is 4.39. The van der Waals surface area contributed by atoms with Gasteiger partial charge in [-0.25, -0.2) is 0 Å². The molecule has 1 heterocycles. The summed E-state index contributed by atoms with van der Waals surface area (Å²) in [4.78, 5) is 5.10. The highest BCUT2D eigenvalue weighted by Gasteiger charge is 2.26. The van der Waals surface area contributed by atoms with E-state index in [1.807, 2.05) is 0 Å². The van der Waals surface area contributed by atoms with E-state index in [4.69, 9.17) is 0 Å². The second-order valence-electron chi connectivity index (χ2n) is 3.92. The molecule has 2 aliphatic rings. The molecule has 2 N–H and O–H groups in total. The lowest BCUT2D eigenvalue weighted by Crippen LogP contribution is -2.51. The minimum Gasteiger partial charge on any atom is -0.333 e. The average molecular weight is 185 g/mol. The van der Waals surface area contributed by atoms with Crippen LogP contribution in [0.25, 0.3) is 0 Å². The number of piperazine rings is 1. The first kappa shape index (κ1) is 11.0. The molecular weight excluding hydrogens is 162 g/mol. The second-order valence-corrected chi connectivity index (χ2v) is 3.92. The molecule has 2 rings (SSSR count). The molecule has 0 spiro atoms. The van der Waals surface area contributed by atoms with Gasteiger partial charge in [-0.05, 0) is 26.9 Å². The van der Waals surface area contributed by atoms with E-state index in [0.717, 1.165) is 6.04 Å². The van der Waals surface area contributed by atoms with Crippen molar-refractivity contribution in [2.45, 2.75) is 25.3 Å². The Bertz CT molecular complexity index is 126. The van der Waals surface area contributed by atoms with Gasteiger partial charge in [-0.3, -0.25) is 4.90 Å². The normalized spacial score (nSPS) is 26.1. The van der Waals surface area contributed by atoms with E-state index in [2.05, 4.69) is 22.6 Å². The SMILES string of the molecule is CN.CN1CCN(C2CCC2)CC1. The monoisotopic (exact) mass is 185 g/mol. The van der Waals surface area contributed by atoms with E-state index in [1.54, 1.807) is 0 Å². The van der Waals surface area contributed by atoms with Crippen molar-refractivity contribution < 1.29 is 0 Å². The molecule has 0 bridgehead atoms. The number of nitrogens with two attached hydrogens (primary N) is 1. The molecule has 0 atom stereocenters. The Labute approximate surface area is 81.9 Å². The van der Waals surface area contributed by atoms with Crippen LogP contribution in [0.2, 0.25) is 0 Å². The smallest absolute Gasteiger partial charge is 0.0113 e. The predicted octanol–water partition coefficient (Wildman–Crippen LogP) is 0.361. The molecule has 0 radical (unpaired) electrons. The highest BCUT2D eigenvalue weighted by atomic mass is 15.3. The maximum Gasteiger partial charge on any atom is 0.0113 e. The van der Waals surface area contributed by atoms with Gasteiger partial charge in [-0.1, -0.05) is 6.42 Å². The summed E-state index contributed by atoms with van der Waals surface area (Å²) in [5.41, 5.74) is 4.50. The Kier molecular flexibility index (Phi) is 4.70. The third-order valence-electron chi connectivity index (χ3n) is 3.13. The van der Waals surface area contributed by atoms with E-state index in [-0.39, 0.29) is 0 Å². The predicted molar refractivity (Wildman–Crippen MR) is 56.8 cm³/mol. The molecule has 78 valence electrons. The van der Waals surface area contributed by atoms with Crippen molar-refractivity contribution in [1.82, 2.24) is 9.80 Å². The minimum atomic E-state index is 0.962. The number of rotatable bonds is 1. The summed E-state index contributed by atoms with van der Waals surface area (Å²) in [7, 11) is 3.72. The molecule has 3 heteroatoms. The Morgan fingerprint density at radius 3 is 1.92 bits per heavy atom. The quantitative estimate of drug-likeness (QED) is 0.640. The van der Waals surface area contributed by atoms with Crippen LogP contribution in [0.5, 0.6) is 0 Å². The Morgan fingerprint density at radius 1 is 1.00 bits per heavy atom. The van der Waals surface area contributed by atoms with Crippen molar-refractivity contribution in [2.75, 3.05) is 40.3 Å². The summed E-state index contributed by atoms with van der Waals surface area (Å²) in [5.74, 6) is 0. The summed E-state index contributed by atoms with van der Waals surface area (Å²) in [6.45, 7) is 5.16. The van der Waals surface area contributed by atoms with Gasteiger partial charge in [0.05, 0.1) is 0 Å². The molecule has 0 aromatic heterocycles. The summed E-state index contributed by atoms with van der Waals surface area (Å²) < 4.78 is 0. The molecule has 13 heavy (non-hydrogen) atoms. The van der Waals surface area contributed by atoms with Gasteiger partial charge in [0.2, 0.25) is 0 Å². The maximum absolute atomic E-state index is 4.50. The molecule has 0 amide bonds. The summed E-state index contributed by atoms with van der Waals surface area (Å²) >= 11 is 0. The molecule has 0 aromatic carbocycles. The van der Waals surface area contributed by atoms with E-state index >= 15 is 0 Å². The molecule has 0 aromatic rings. The zero-order chi connectivity index (χ0) is 9.68. The molecule has 1 saturated carbocycles. The van der Waals surface area contributed by atoms with Crippen LogP contribution in [-0.4, -0.2) is 56.1 Å². The molecule has 1 aliphatic heterocycles. The lowest BCUT2D eigenvalue weighted by Gasteiger charge is -2.42. The Hall–Kier alpha value is -0.120. The van der Waals surface area contributed by atoms with Crippen LogP contribution in [0.3, 0.4) is 0 Å². The molecule has 1 aliphatic carbocycles. The zero-order valence-corrected chi connectivity index (χ0v) is 9.00. The fraction of sp³-hybridized carbons (Fsp3) is 1.00. The molecule has 2 fully saturated rings. The maximum atomic E-state index is 4.50. The van der Waals surface area contributed by atoms with E-state index in [0.29, 0.717) is 0 Å². The second kappa shape index (κ2) is 5.58. The topological polar surface area (TPSA) is 32.5 Å². The molecule has 1 saturated heterocycles. The zero-order valence-electron chi connectivity index (χ0n) is 9.00. The molecular formula is C10H23N3. The van der Waals surface area contributed by atoms with Crippen molar-refractivity contribution in [3.8, 4) is 0 Å². The van der Waals surface area contributed by atoms with Crippen molar-refractivity contribution >= 4 is 0 Å². The van der Waals surface area contributed by atoms with E-state index in [1.165, 1.54) is 52.5 Å². The average Bonchev–Trinajstić information content (AvgIpc) is 2.09. The third kappa shape index (κ3) is 2.93. The molecule has 0 unspecified atom stereocenters. The number of likely N-dealkylation sites (N-methyl/N-ethyl adjacent to an activating group) is 1. The van der Waals surface area contributed by atoms with Gasteiger partial charge < -0.3 is 10.6 Å². The van der Waals surface area contributed by atoms with Crippen LogP contribution < -0.4 is 5.73 Å². The summed E-state index contributed by atoms with van der Waals surface area (Å²) in [5, 5.41) is 0. The fourth-order valence-electron chi connectivity index (χ4n) is 1.94. The van der Waals surface area contributed by atoms with Gasteiger partial charge >= 0.3 is 0 Å². The van der Waals surface area contributed by atoms with Gasteiger partial charge in [-0.15, -0.1) is 0 Å². The van der Waals surface area contributed by atoms with Crippen molar-refractivity contribution in [2.24, 2.45) is 5.73 Å².